The van der Waals surface area contributed by atoms with Crippen molar-refractivity contribution in [3.8, 4) is 5.75 Å². The maximum atomic E-state index is 11.1. The van der Waals surface area contributed by atoms with Crippen LogP contribution in [0.2, 0.25) is 0 Å². The first-order valence-corrected chi connectivity index (χ1v) is 5.28. The number of rotatable bonds is 3. The van der Waals surface area contributed by atoms with Crippen molar-refractivity contribution in [2.45, 2.75) is 13.3 Å². The smallest absolute Gasteiger partial charge is 0.309 e. The molecule has 0 aliphatic rings. The fourth-order valence-electron chi connectivity index (χ4n) is 1.28. The molecule has 4 heteroatoms. The molecule has 1 rings (SSSR count). The summed E-state index contributed by atoms with van der Waals surface area (Å²) in [5, 5.41) is 0. The summed E-state index contributed by atoms with van der Waals surface area (Å²) in [5.74, 6) is 0.524. The molecule has 0 aliphatic carbocycles. The molecule has 0 fully saturated rings. The van der Waals surface area contributed by atoms with Crippen LogP contribution in [0.5, 0.6) is 5.75 Å². The Labute approximate surface area is 97.5 Å². The molecule has 0 amide bonds. The molecule has 0 spiro atoms. The normalized spacial score (nSPS) is 9.87. The van der Waals surface area contributed by atoms with Gasteiger partial charge in [0.1, 0.15) is 5.75 Å². The van der Waals surface area contributed by atoms with E-state index in [0.717, 1.165) is 21.3 Å². The van der Waals surface area contributed by atoms with Gasteiger partial charge in [0.25, 0.3) is 0 Å². The van der Waals surface area contributed by atoms with Crippen LogP contribution in [0.3, 0.4) is 0 Å². The number of carbonyl (C=O) groups excluding carboxylic acids is 1. The lowest BCUT2D eigenvalue weighted by molar-refractivity contribution is -0.139. The zero-order valence-corrected chi connectivity index (χ0v) is 10.6. The van der Waals surface area contributed by atoms with Gasteiger partial charge in [0.05, 0.1) is 25.1 Å². The van der Waals surface area contributed by atoms with Crippen LogP contribution < -0.4 is 4.74 Å². The number of hydrogen-bond donors (Lipinski definition) is 0. The second-order valence-electron chi connectivity index (χ2n) is 3.12. The quantitative estimate of drug-likeness (QED) is 0.794. The van der Waals surface area contributed by atoms with Crippen molar-refractivity contribution in [2.24, 2.45) is 0 Å². The summed E-state index contributed by atoms with van der Waals surface area (Å²) < 4.78 is 10.7. The highest BCUT2D eigenvalue weighted by Crippen LogP contribution is 2.30. The van der Waals surface area contributed by atoms with Crippen molar-refractivity contribution in [1.82, 2.24) is 0 Å². The summed E-state index contributed by atoms with van der Waals surface area (Å²) in [6, 6.07) is 3.70. The fourth-order valence-corrected chi connectivity index (χ4v) is 1.83. The molecule has 0 aromatic heterocycles. The lowest BCUT2D eigenvalue weighted by Crippen LogP contribution is -2.06. The summed E-state index contributed by atoms with van der Waals surface area (Å²) in [4.78, 5) is 11.1. The number of benzene rings is 1. The summed E-state index contributed by atoms with van der Waals surface area (Å²) in [6.07, 6.45) is 0.283. The molecule has 0 saturated heterocycles. The van der Waals surface area contributed by atoms with Gasteiger partial charge in [-0.2, -0.15) is 0 Å². The molecule has 15 heavy (non-hydrogen) atoms. The van der Waals surface area contributed by atoms with Gasteiger partial charge in [0.2, 0.25) is 0 Å². The van der Waals surface area contributed by atoms with E-state index in [1.54, 1.807) is 7.11 Å². The third-order valence-electron chi connectivity index (χ3n) is 2.25. The molecule has 0 saturated carbocycles. The van der Waals surface area contributed by atoms with Gasteiger partial charge in [-0.3, -0.25) is 4.79 Å². The molecule has 1 aromatic carbocycles. The number of ether oxygens (including phenoxy) is 2. The predicted octanol–water partition coefficient (Wildman–Crippen LogP) is 2.48. The van der Waals surface area contributed by atoms with Gasteiger partial charge in [0, 0.05) is 0 Å². The number of hydrogen-bond acceptors (Lipinski definition) is 3. The number of carbonyl (C=O) groups is 1. The third-order valence-corrected chi connectivity index (χ3v) is 3.23. The molecule has 82 valence electrons. The second-order valence-corrected chi connectivity index (χ2v) is 3.91. The Bertz CT molecular complexity index is 374. The van der Waals surface area contributed by atoms with E-state index < -0.39 is 0 Å². The maximum Gasteiger partial charge on any atom is 0.309 e. The molecule has 0 N–H and O–H groups in total. The van der Waals surface area contributed by atoms with E-state index in [9.17, 15) is 4.79 Å². The summed E-state index contributed by atoms with van der Waals surface area (Å²) in [5.41, 5.74) is 1.94. The minimum absolute atomic E-state index is 0.241. The van der Waals surface area contributed by atoms with Crippen molar-refractivity contribution >= 4 is 21.9 Å². The monoisotopic (exact) mass is 272 g/mol. The zero-order chi connectivity index (χ0) is 11.4. The Balaban J connectivity index is 3.01. The minimum atomic E-state index is -0.241. The van der Waals surface area contributed by atoms with Crippen molar-refractivity contribution in [1.29, 1.82) is 0 Å². The van der Waals surface area contributed by atoms with Gasteiger partial charge in [0.15, 0.2) is 0 Å². The Morgan fingerprint density at radius 1 is 1.40 bits per heavy atom. The number of esters is 1. The van der Waals surface area contributed by atoms with Gasteiger partial charge in [-0.05, 0) is 40.0 Å². The van der Waals surface area contributed by atoms with Crippen molar-refractivity contribution in [3.63, 3.8) is 0 Å². The first-order valence-electron chi connectivity index (χ1n) is 4.49. The standard InChI is InChI=1S/C11H13BrO3/c1-7-8(6-10(13)15-3)4-5-9(14-2)11(7)12/h4-5H,6H2,1-3H3. The SMILES string of the molecule is COC(=O)Cc1ccc(OC)c(Br)c1C. The summed E-state index contributed by atoms with van der Waals surface area (Å²) in [6.45, 7) is 1.94. The van der Waals surface area contributed by atoms with E-state index in [4.69, 9.17) is 4.74 Å². The highest BCUT2D eigenvalue weighted by molar-refractivity contribution is 9.10. The van der Waals surface area contributed by atoms with Crippen LogP contribution >= 0.6 is 15.9 Å². The van der Waals surface area contributed by atoms with Crippen LogP contribution in [0.15, 0.2) is 16.6 Å². The first kappa shape index (κ1) is 12.0. The largest absolute Gasteiger partial charge is 0.496 e. The fraction of sp³-hybridized carbons (Fsp3) is 0.364. The Hall–Kier alpha value is -1.03. The first-order chi connectivity index (χ1) is 7.10. The van der Waals surface area contributed by atoms with E-state index in [0.29, 0.717) is 0 Å². The lowest BCUT2D eigenvalue weighted by Gasteiger charge is -2.10. The molecule has 0 radical (unpaired) electrons. The van der Waals surface area contributed by atoms with Crippen LogP contribution in [0.1, 0.15) is 11.1 Å². The van der Waals surface area contributed by atoms with E-state index in [2.05, 4.69) is 20.7 Å². The van der Waals surface area contributed by atoms with Crippen LogP contribution in [0, 0.1) is 6.92 Å². The van der Waals surface area contributed by atoms with Crippen molar-refractivity contribution < 1.29 is 14.3 Å². The summed E-state index contributed by atoms with van der Waals surface area (Å²) >= 11 is 3.43. The zero-order valence-electron chi connectivity index (χ0n) is 8.96. The van der Waals surface area contributed by atoms with Crippen LogP contribution in [-0.4, -0.2) is 20.2 Å². The van der Waals surface area contributed by atoms with Gasteiger partial charge in [-0.1, -0.05) is 6.07 Å². The molecule has 1 aromatic rings. The highest BCUT2D eigenvalue weighted by atomic mass is 79.9. The van der Waals surface area contributed by atoms with Crippen molar-refractivity contribution in [2.75, 3.05) is 14.2 Å². The molecular weight excluding hydrogens is 260 g/mol. The average Bonchev–Trinajstić information content (AvgIpc) is 2.25. The Kier molecular flexibility index (Phi) is 4.15. The molecule has 3 nitrogen and oxygen atoms in total. The van der Waals surface area contributed by atoms with E-state index in [1.807, 2.05) is 19.1 Å². The van der Waals surface area contributed by atoms with Crippen molar-refractivity contribution in [3.05, 3.63) is 27.7 Å². The molecule has 0 heterocycles. The van der Waals surface area contributed by atoms with Gasteiger partial charge in [-0.25, -0.2) is 0 Å². The molecule has 0 aliphatic heterocycles. The van der Waals surface area contributed by atoms with Crippen LogP contribution in [0.4, 0.5) is 0 Å². The number of halogens is 1. The molecule has 0 unspecified atom stereocenters. The third kappa shape index (κ3) is 2.72. The van der Waals surface area contributed by atoms with E-state index in [1.165, 1.54) is 7.11 Å². The molecule has 0 atom stereocenters. The predicted molar refractivity (Wildman–Crippen MR) is 61.2 cm³/mol. The Morgan fingerprint density at radius 2 is 2.07 bits per heavy atom. The number of methoxy groups -OCH3 is 2. The maximum absolute atomic E-state index is 11.1. The van der Waals surface area contributed by atoms with Gasteiger partial charge >= 0.3 is 5.97 Å². The molecule has 0 bridgehead atoms. The minimum Gasteiger partial charge on any atom is -0.496 e. The molecular formula is C11H13BrO3. The van der Waals surface area contributed by atoms with Crippen LogP contribution in [0.25, 0.3) is 0 Å². The Morgan fingerprint density at radius 3 is 2.60 bits per heavy atom. The average molecular weight is 273 g/mol. The van der Waals surface area contributed by atoms with E-state index in [-0.39, 0.29) is 12.4 Å². The summed E-state index contributed by atoms with van der Waals surface area (Å²) in [7, 11) is 3.00. The topological polar surface area (TPSA) is 35.5 Å². The highest BCUT2D eigenvalue weighted by Gasteiger charge is 2.11. The van der Waals surface area contributed by atoms with E-state index >= 15 is 0 Å². The lowest BCUT2D eigenvalue weighted by atomic mass is 10.1. The van der Waals surface area contributed by atoms with Gasteiger partial charge < -0.3 is 9.47 Å². The second kappa shape index (κ2) is 5.16. The van der Waals surface area contributed by atoms with Gasteiger partial charge in [-0.15, -0.1) is 0 Å². The van der Waals surface area contributed by atoms with Crippen LogP contribution in [-0.2, 0) is 16.0 Å².